The monoisotopic (exact) mass is 340 g/mol. The maximum Gasteiger partial charge on any atom is 0.494 e. The summed E-state index contributed by atoms with van der Waals surface area (Å²) >= 11 is 0. The van der Waals surface area contributed by atoms with E-state index in [2.05, 4.69) is 27.1 Å². The Labute approximate surface area is 143 Å². The van der Waals surface area contributed by atoms with Gasteiger partial charge in [0.25, 0.3) is 0 Å². The largest absolute Gasteiger partial charge is 0.494 e. The van der Waals surface area contributed by atoms with Gasteiger partial charge in [0.2, 0.25) is 0 Å². The molecule has 3 heterocycles. The van der Waals surface area contributed by atoms with Gasteiger partial charge in [0, 0.05) is 5.92 Å². The van der Waals surface area contributed by atoms with Crippen molar-refractivity contribution in [3.63, 3.8) is 0 Å². The van der Waals surface area contributed by atoms with Gasteiger partial charge in [-0.1, -0.05) is 5.16 Å². The van der Waals surface area contributed by atoms with Crippen molar-refractivity contribution in [2.24, 2.45) is 0 Å². The molecule has 10 heteroatoms. The van der Waals surface area contributed by atoms with Crippen molar-refractivity contribution in [1.29, 1.82) is 0 Å². The number of hydrogen-bond donors (Lipinski definition) is 3. The topological polar surface area (TPSA) is 136 Å². The summed E-state index contributed by atoms with van der Waals surface area (Å²) in [5.74, 6) is 0.978. The number of rotatable bonds is 4. The standard InChI is InChI=1S/C15H17BN6O3/c1-15(4-5-15)22-14-8(13(17)18-6-19-14)10(20-22)11-9(16(23)24)12(25-21-11)7-2-3-7/h6-7,23-24H,2-5H2,1H3,(H2,17,18,19). The van der Waals surface area contributed by atoms with E-state index in [0.717, 1.165) is 25.7 Å². The number of fused-ring (bicyclic) bond motifs is 1. The zero-order chi connectivity index (χ0) is 17.3. The fourth-order valence-corrected chi connectivity index (χ4v) is 3.28. The predicted molar refractivity (Wildman–Crippen MR) is 89.9 cm³/mol. The van der Waals surface area contributed by atoms with Crippen LogP contribution in [-0.2, 0) is 5.54 Å². The van der Waals surface area contributed by atoms with Crippen LogP contribution in [0.25, 0.3) is 22.4 Å². The van der Waals surface area contributed by atoms with Crippen LogP contribution >= 0.6 is 0 Å². The maximum absolute atomic E-state index is 9.89. The fourth-order valence-electron chi connectivity index (χ4n) is 3.28. The maximum atomic E-state index is 9.89. The van der Waals surface area contributed by atoms with Crippen LogP contribution in [0.3, 0.4) is 0 Å². The summed E-state index contributed by atoms with van der Waals surface area (Å²) in [5, 5.41) is 29.1. The highest BCUT2D eigenvalue weighted by molar-refractivity contribution is 6.61. The van der Waals surface area contributed by atoms with Gasteiger partial charge in [-0.25, -0.2) is 14.6 Å². The molecule has 0 aromatic carbocycles. The molecule has 0 saturated heterocycles. The molecule has 2 fully saturated rings. The van der Waals surface area contributed by atoms with Gasteiger partial charge < -0.3 is 20.3 Å². The van der Waals surface area contributed by atoms with Crippen LogP contribution in [-0.4, -0.2) is 42.1 Å². The number of nitrogens with zero attached hydrogens (tertiary/aromatic N) is 5. The highest BCUT2D eigenvalue weighted by Crippen LogP contribution is 2.46. The minimum absolute atomic E-state index is 0.113. The van der Waals surface area contributed by atoms with Crippen molar-refractivity contribution in [3.05, 3.63) is 12.1 Å². The van der Waals surface area contributed by atoms with Crippen molar-refractivity contribution in [2.45, 2.75) is 44.1 Å². The Hall–Kier alpha value is -2.46. The predicted octanol–water partition coefficient (Wildman–Crippen LogP) is 0.130. The molecular formula is C15H17BN6O3. The summed E-state index contributed by atoms with van der Waals surface area (Å²) in [7, 11) is -1.69. The second kappa shape index (κ2) is 4.80. The first-order valence-corrected chi connectivity index (χ1v) is 8.35. The normalized spacial score (nSPS) is 18.7. The molecule has 0 spiro atoms. The average molecular weight is 340 g/mol. The molecule has 2 saturated carbocycles. The van der Waals surface area contributed by atoms with Crippen LogP contribution in [0.15, 0.2) is 10.9 Å². The van der Waals surface area contributed by atoms with Gasteiger partial charge >= 0.3 is 7.12 Å². The van der Waals surface area contributed by atoms with Crippen LogP contribution in [0.5, 0.6) is 0 Å². The Bertz CT molecular complexity index is 989. The van der Waals surface area contributed by atoms with Gasteiger partial charge in [-0.2, -0.15) is 5.10 Å². The third-order valence-electron chi connectivity index (χ3n) is 5.17. The molecule has 0 radical (unpaired) electrons. The van der Waals surface area contributed by atoms with Crippen molar-refractivity contribution >= 4 is 29.4 Å². The van der Waals surface area contributed by atoms with Gasteiger partial charge in [0.05, 0.1) is 16.4 Å². The van der Waals surface area contributed by atoms with Crippen LogP contribution in [0.4, 0.5) is 5.82 Å². The number of hydrogen-bond acceptors (Lipinski definition) is 8. The van der Waals surface area contributed by atoms with E-state index < -0.39 is 7.12 Å². The van der Waals surface area contributed by atoms with Gasteiger partial charge in [-0.3, -0.25) is 0 Å². The highest BCUT2D eigenvalue weighted by Gasteiger charge is 2.44. The van der Waals surface area contributed by atoms with Crippen LogP contribution in [0.2, 0.25) is 0 Å². The Balaban J connectivity index is 1.79. The molecule has 3 aromatic heterocycles. The van der Waals surface area contributed by atoms with E-state index in [-0.39, 0.29) is 22.7 Å². The lowest BCUT2D eigenvalue weighted by Gasteiger charge is -2.09. The lowest BCUT2D eigenvalue weighted by molar-refractivity contribution is 0.384. The van der Waals surface area contributed by atoms with Crippen LogP contribution in [0.1, 0.15) is 44.3 Å². The van der Waals surface area contributed by atoms with Gasteiger partial charge in [0.1, 0.15) is 29.3 Å². The van der Waals surface area contributed by atoms with E-state index in [9.17, 15) is 10.0 Å². The molecule has 2 aliphatic carbocycles. The van der Waals surface area contributed by atoms with Crippen molar-refractivity contribution in [3.8, 4) is 11.4 Å². The first kappa shape index (κ1) is 14.9. The summed E-state index contributed by atoms with van der Waals surface area (Å²) < 4.78 is 7.28. The minimum atomic E-state index is -1.69. The Morgan fingerprint density at radius 3 is 2.68 bits per heavy atom. The third-order valence-corrected chi connectivity index (χ3v) is 5.17. The second-order valence-corrected chi connectivity index (χ2v) is 7.17. The molecule has 128 valence electrons. The second-order valence-electron chi connectivity index (χ2n) is 7.17. The van der Waals surface area contributed by atoms with E-state index in [1.165, 1.54) is 6.33 Å². The Kier molecular flexibility index (Phi) is 2.85. The van der Waals surface area contributed by atoms with Gasteiger partial charge in [-0.15, -0.1) is 0 Å². The number of nitrogen functional groups attached to an aromatic ring is 1. The molecule has 9 nitrogen and oxygen atoms in total. The molecule has 0 bridgehead atoms. The SMILES string of the molecule is CC1(n2nc(-c3noc(C4CC4)c3B(O)O)c3c(N)ncnc32)CC1. The number of nitrogens with two attached hydrogens (primary N) is 1. The summed E-state index contributed by atoms with van der Waals surface area (Å²) in [5.41, 5.74) is 7.59. The van der Waals surface area contributed by atoms with Gasteiger partial charge in [0.15, 0.2) is 5.65 Å². The summed E-state index contributed by atoms with van der Waals surface area (Å²) in [4.78, 5) is 8.42. The lowest BCUT2D eigenvalue weighted by atomic mass is 9.76. The molecule has 3 aromatic rings. The van der Waals surface area contributed by atoms with E-state index in [4.69, 9.17) is 10.3 Å². The van der Waals surface area contributed by atoms with E-state index in [1.807, 2.05) is 4.68 Å². The molecule has 5 rings (SSSR count). The van der Waals surface area contributed by atoms with E-state index in [0.29, 0.717) is 28.2 Å². The first-order valence-electron chi connectivity index (χ1n) is 8.35. The zero-order valence-corrected chi connectivity index (χ0v) is 13.7. The average Bonchev–Trinajstić information content (AvgIpc) is 3.47. The summed E-state index contributed by atoms with van der Waals surface area (Å²) in [6, 6.07) is 0. The first-order chi connectivity index (χ1) is 12.0. The molecule has 25 heavy (non-hydrogen) atoms. The Morgan fingerprint density at radius 1 is 1.28 bits per heavy atom. The highest BCUT2D eigenvalue weighted by atomic mass is 16.5. The van der Waals surface area contributed by atoms with Crippen molar-refractivity contribution in [1.82, 2.24) is 24.9 Å². The Morgan fingerprint density at radius 2 is 2.04 bits per heavy atom. The van der Waals surface area contributed by atoms with Crippen LogP contribution in [0, 0.1) is 0 Å². The quantitative estimate of drug-likeness (QED) is 0.570. The number of aromatic nitrogens is 5. The van der Waals surface area contributed by atoms with E-state index in [1.54, 1.807) is 0 Å². The van der Waals surface area contributed by atoms with Crippen molar-refractivity contribution in [2.75, 3.05) is 5.73 Å². The molecule has 0 aliphatic heterocycles. The molecular weight excluding hydrogens is 323 g/mol. The molecule has 0 unspecified atom stereocenters. The van der Waals surface area contributed by atoms with Gasteiger partial charge in [-0.05, 0) is 32.6 Å². The minimum Gasteiger partial charge on any atom is -0.423 e. The molecule has 0 amide bonds. The summed E-state index contributed by atoms with van der Waals surface area (Å²) in [6.07, 6.45) is 5.30. The molecule has 0 atom stereocenters. The number of anilines is 1. The summed E-state index contributed by atoms with van der Waals surface area (Å²) in [6.45, 7) is 2.10. The lowest BCUT2D eigenvalue weighted by Crippen LogP contribution is -2.33. The van der Waals surface area contributed by atoms with Crippen LogP contribution < -0.4 is 11.2 Å². The zero-order valence-electron chi connectivity index (χ0n) is 13.7. The molecule has 2 aliphatic rings. The smallest absolute Gasteiger partial charge is 0.423 e. The van der Waals surface area contributed by atoms with E-state index >= 15 is 0 Å². The fraction of sp³-hybridized carbons (Fsp3) is 0.467. The third kappa shape index (κ3) is 2.10. The molecule has 4 N–H and O–H groups in total. The van der Waals surface area contributed by atoms with Crippen molar-refractivity contribution < 1.29 is 14.6 Å².